The van der Waals surface area contributed by atoms with Crippen LogP contribution in [0.4, 0.5) is 0 Å². The van der Waals surface area contributed by atoms with Gasteiger partial charge in [-0.3, -0.25) is 4.79 Å². The molecule has 0 spiro atoms. The van der Waals surface area contributed by atoms with Crippen LogP contribution in [0.1, 0.15) is 24.8 Å². The van der Waals surface area contributed by atoms with Crippen molar-refractivity contribution in [1.29, 1.82) is 0 Å². The summed E-state index contributed by atoms with van der Waals surface area (Å²) < 4.78 is 5.58. The zero-order chi connectivity index (χ0) is 16.5. The average Bonchev–Trinajstić information content (AvgIpc) is 2.57. The predicted molar refractivity (Wildman–Crippen MR) is 90.0 cm³/mol. The Morgan fingerprint density at radius 1 is 1.35 bits per heavy atom. The molecule has 1 aromatic rings. The number of carbonyl (C=O) groups excluding carboxylic acids is 1. The molecular weight excluding hydrogens is 292 g/mol. The molecule has 1 atom stereocenters. The van der Waals surface area contributed by atoms with E-state index in [0.29, 0.717) is 32.1 Å². The summed E-state index contributed by atoms with van der Waals surface area (Å²) >= 11 is 0. The van der Waals surface area contributed by atoms with Crippen LogP contribution in [0.2, 0.25) is 0 Å². The molecule has 0 saturated carbocycles. The Morgan fingerprint density at radius 3 is 2.70 bits per heavy atom. The van der Waals surface area contributed by atoms with E-state index >= 15 is 0 Å². The molecule has 1 unspecified atom stereocenters. The Bertz CT molecular complexity index is 459. The molecule has 5 nitrogen and oxygen atoms in total. The highest BCUT2D eigenvalue weighted by Crippen LogP contribution is 2.20. The van der Waals surface area contributed by atoms with E-state index in [4.69, 9.17) is 4.74 Å². The zero-order valence-electron chi connectivity index (χ0n) is 13.9. The van der Waals surface area contributed by atoms with Gasteiger partial charge in [0.05, 0.1) is 19.3 Å². The Kier molecular flexibility index (Phi) is 7.52. The van der Waals surface area contributed by atoms with Gasteiger partial charge in [-0.15, -0.1) is 0 Å². The van der Waals surface area contributed by atoms with E-state index in [-0.39, 0.29) is 5.91 Å². The maximum absolute atomic E-state index is 11.4. The van der Waals surface area contributed by atoms with Crippen molar-refractivity contribution in [3.05, 3.63) is 35.9 Å². The minimum atomic E-state index is -0.464. The summed E-state index contributed by atoms with van der Waals surface area (Å²) in [5, 5.41) is 12.8. The molecule has 1 aliphatic rings. The predicted octanol–water partition coefficient (Wildman–Crippen LogP) is 1.41. The van der Waals surface area contributed by atoms with Crippen molar-refractivity contribution in [2.45, 2.75) is 32.0 Å². The van der Waals surface area contributed by atoms with Crippen LogP contribution in [-0.4, -0.2) is 55.3 Å². The minimum Gasteiger partial charge on any atom is -0.389 e. The second-order valence-electron chi connectivity index (χ2n) is 6.28. The lowest BCUT2D eigenvalue weighted by Gasteiger charge is -2.32. The Morgan fingerprint density at radius 2 is 2.04 bits per heavy atom. The quantitative estimate of drug-likeness (QED) is 0.760. The molecule has 1 aliphatic heterocycles. The highest BCUT2D eigenvalue weighted by atomic mass is 16.5. The highest BCUT2D eigenvalue weighted by molar-refractivity contribution is 5.75. The number of aliphatic hydroxyl groups is 1. The molecule has 2 N–H and O–H groups in total. The van der Waals surface area contributed by atoms with Crippen molar-refractivity contribution in [2.24, 2.45) is 5.92 Å². The first-order valence-electron chi connectivity index (χ1n) is 8.40. The van der Waals surface area contributed by atoms with Crippen LogP contribution < -0.4 is 5.32 Å². The van der Waals surface area contributed by atoms with Crippen LogP contribution >= 0.6 is 0 Å². The number of benzene rings is 1. The summed E-state index contributed by atoms with van der Waals surface area (Å²) in [7, 11) is 1.68. The number of rotatable bonds is 8. The lowest BCUT2D eigenvalue weighted by molar-refractivity contribution is -0.121. The number of β-amino-alcohol motifs (C(OH)–C–C–N with tert-alkyl or cyclic N) is 1. The number of nitrogens with one attached hydrogen (secondary N) is 1. The number of amides is 1. The third-order valence-corrected chi connectivity index (χ3v) is 4.35. The van der Waals surface area contributed by atoms with E-state index in [0.717, 1.165) is 31.5 Å². The fourth-order valence-electron chi connectivity index (χ4n) is 2.98. The molecule has 23 heavy (non-hydrogen) atoms. The maximum atomic E-state index is 11.4. The molecule has 128 valence electrons. The molecule has 2 rings (SSSR count). The van der Waals surface area contributed by atoms with Gasteiger partial charge < -0.3 is 20.1 Å². The summed E-state index contributed by atoms with van der Waals surface area (Å²) in [5.41, 5.74) is 1.12. The van der Waals surface area contributed by atoms with Crippen molar-refractivity contribution in [3.8, 4) is 0 Å². The van der Waals surface area contributed by atoms with Crippen LogP contribution in [-0.2, 0) is 16.1 Å². The van der Waals surface area contributed by atoms with Crippen LogP contribution in [0.3, 0.4) is 0 Å². The van der Waals surface area contributed by atoms with E-state index in [1.807, 2.05) is 30.3 Å². The summed E-state index contributed by atoms with van der Waals surface area (Å²) in [6.45, 7) is 3.41. The lowest BCUT2D eigenvalue weighted by Crippen LogP contribution is -2.41. The van der Waals surface area contributed by atoms with Gasteiger partial charge in [-0.2, -0.15) is 0 Å². The van der Waals surface area contributed by atoms with E-state index in [1.165, 1.54) is 0 Å². The molecule has 1 amide bonds. The molecule has 1 fully saturated rings. The maximum Gasteiger partial charge on any atom is 0.220 e. The monoisotopic (exact) mass is 320 g/mol. The van der Waals surface area contributed by atoms with E-state index < -0.39 is 6.10 Å². The second kappa shape index (κ2) is 9.65. The van der Waals surface area contributed by atoms with Crippen molar-refractivity contribution in [1.82, 2.24) is 10.2 Å². The first kappa shape index (κ1) is 17.9. The molecule has 1 saturated heterocycles. The summed E-state index contributed by atoms with van der Waals surface area (Å²) in [6, 6.07) is 9.98. The van der Waals surface area contributed by atoms with Gasteiger partial charge in [-0.25, -0.2) is 0 Å². The number of nitrogens with zero attached hydrogens (tertiary/aromatic N) is 1. The first-order chi connectivity index (χ1) is 11.2. The van der Waals surface area contributed by atoms with Gasteiger partial charge in [0.1, 0.15) is 0 Å². The van der Waals surface area contributed by atoms with Crippen LogP contribution in [0, 0.1) is 5.92 Å². The molecule has 1 heterocycles. The second-order valence-corrected chi connectivity index (χ2v) is 6.28. The van der Waals surface area contributed by atoms with Gasteiger partial charge in [-0.1, -0.05) is 30.3 Å². The first-order valence-corrected chi connectivity index (χ1v) is 8.40. The van der Waals surface area contributed by atoms with Gasteiger partial charge in [0.25, 0.3) is 0 Å². The van der Waals surface area contributed by atoms with Crippen molar-refractivity contribution in [2.75, 3.05) is 33.3 Å². The van der Waals surface area contributed by atoms with Crippen molar-refractivity contribution in [3.63, 3.8) is 0 Å². The van der Waals surface area contributed by atoms with E-state index in [9.17, 15) is 9.90 Å². The van der Waals surface area contributed by atoms with Gasteiger partial charge in [0, 0.05) is 20.0 Å². The minimum absolute atomic E-state index is 0.123. The summed E-state index contributed by atoms with van der Waals surface area (Å²) in [6.07, 6.45) is 2.19. The molecule has 1 aromatic carbocycles. The van der Waals surface area contributed by atoms with Gasteiger partial charge in [0.15, 0.2) is 0 Å². The number of carbonyl (C=O) groups is 1. The molecule has 0 aliphatic carbocycles. The standard InChI is InChI=1S/C18H28N2O3/c1-19-18(22)11-15-7-9-20(10-8-15)12-17(21)14-23-13-16-5-3-2-4-6-16/h2-6,15,17,21H,7-14H2,1H3,(H,19,22). The summed E-state index contributed by atoms with van der Waals surface area (Å²) in [5.74, 6) is 0.593. The number of ether oxygens (including phenoxy) is 1. The van der Waals surface area contributed by atoms with Crippen LogP contribution in [0.5, 0.6) is 0 Å². The SMILES string of the molecule is CNC(=O)CC1CCN(CC(O)COCc2ccccc2)CC1. The van der Waals surface area contributed by atoms with Crippen molar-refractivity contribution < 1.29 is 14.6 Å². The topological polar surface area (TPSA) is 61.8 Å². The molecule has 5 heteroatoms. The number of likely N-dealkylation sites (tertiary alicyclic amines) is 1. The Labute approximate surface area is 138 Å². The average molecular weight is 320 g/mol. The fraction of sp³-hybridized carbons (Fsp3) is 0.611. The van der Waals surface area contributed by atoms with Crippen LogP contribution in [0.15, 0.2) is 30.3 Å². The molecular formula is C18H28N2O3. The lowest BCUT2D eigenvalue weighted by atomic mass is 9.93. The Balaban J connectivity index is 1.59. The molecule has 0 bridgehead atoms. The zero-order valence-corrected chi connectivity index (χ0v) is 13.9. The number of hydrogen-bond donors (Lipinski definition) is 2. The Hall–Kier alpha value is -1.43. The third kappa shape index (κ3) is 6.69. The highest BCUT2D eigenvalue weighted by Gasteiger charge is 2.22. The smallest absolute Gasteiger partial charge is 0.220 e. The largest absolute Gasteiger partial charge is 0.389 e. The van der Waals surface area contributed by atoms with Crippen LogP contribution in [0.25, 0.3) is 0 Å². The molecule has 0 radical (unpaired) electrons. The van der Waals surface area contributed by atoms with Gasteiger partial charge in [0.2, 0.25) is 5.91 Å². The van der Waals surface area contributed by atoms with E-state index in [1.54, 1.807) is 7.05 Å². The number of hydrogen-bond acceptors (Lipinski definition) is 4. The van der Waals surface area contributed by atoms with Crippen molar-refractivity contribution >= 4 is 5.91 Å². The molecule has 0 aromatic heterocycles. The number of aliphatic hydroxyl groups excluding tert-OH is 1. The normalized spacial score (nSPS) is 17.8. The fourth-order valence-corrected chi connectivity index (χ4v) is 2.98. The van der Waals surface area contributed by atoms with E-state index in [2.05, 4.69) is 10.2 Å². The third-order valence-electron chi connectivity index (χ3n) is 4.35. The van der Waals surface area contributed by atoms with Gasteiger partial charge in [-0.05, 0) is 37.4 Å². The number of piperidine rings is 1. The summed E-state index contributed by atoms with van der Waals surface area (Å²) in [4.78, 5) is 13.7. The van der Waals surface area contributed by atoms with Gasteiger partial charge >= 0.3 is 0 Å².